The highest BCUT2D eigenvalue weighted by atomic mass is 79.9. The van der Waals surface area contributed by atoms with Crippen LogP contribution in [0.1, 0.15) is 49.8 Å². The second kappa shape index (κ2) is 6.74. The average molecular weight is 406 g/mol. The molecule has 7 nitrogen and oxygen atoms in total. The molecule has 1 unspecified atom stereocenters. The van der Waals surface area contributed by atoms with Crippen molar-refractivity contribution in [1.29, 1.82) is 0 Å². The van der Waals surface area contributed by atoms with Crippen LogP contribution in [-0.2, 0) is 13.0 Å². The lowest BCUT2D eigenvalue weighted by Crippen LogP contribution is -2.26. The van der Waals surface area contributed by atoms with Crippen molar-refractivity contribution in [2.24, 2.45) is 0 Å². The molecule has 3 heterocycles. The number of anilines is 1. The first-order valence-electron chi connectivity index (χ1n) is 8.77. The SMILES string of the molecule is O=[N+]([O-])c1ccc(N2CCCC2c2nnc3n2CCCCC3)c(Br)c1. The molecule has 0 N–H and O–H groups in total. The van der Waals surface area contributed by atoms with Crippen molar-refractivity contribution in [2.75, 3.05) is 11.4 Å². The van der Waals surface area contributed by atoms with Crippen molar-refractivity contribution in [1.82, 2.24) is 14.8 Å². The molecule has 1 atom stereocenters. The Hall–Kier alpha value is -1.96. The number of benzene rings is 1. The Balaban J connectivity index is 1.68. The molecule has 0 spiro atoms. The molecule has 1 fully saturated rings. The summed E-state index contributed by atoms with van der Waals surface area (Å²) in [5.74, 6) is 2.14. The Kier molecular flexibility index (Phi) is 4.45. The Bertz CT molecular complexity index is 806. The van der Waals surface area contributed by atoms with Gasteiger partial charge in [0.15, 0.2) is 5.82 Å². The van der Waals surface area contributed by atoms with E-state index in [2.05, 4.69) is 35.6 Å². The minimum absolute atomic E-state index is 0.0997. The lowest BCUT2D eigenvalue weighted by molar-refractivity contribution is -0.384. The first kappa shape index (κ1) is 16.5. The molecular formula is C17H20BrN5O2. The number of nitrogens with zero attached hydrogens (tertiary/aromatic N) is 5. The van der Waals surface area contributed by atoms with E-state index in [1.165, 1.54) is 19.3 Å². The molecule has 4 rings (SSSR count). The molecule has 0 amide bonds. The molecule has 8 heteroatoms. The lowest BCUT2D eigenvalue weighted by Gasteiger charge is -2.27. The molecule has 2 aromatic rings. The van der Waals surface area contributed by atoms with E-state index in [1.54, 1.807) is 12.1 Å². The minimum atomic E-state index is -0.367. The number of nitro groups is 1. The van der Waals surface area contributed by atoms with Crippen LogP contribution in [0.5, 0.6) is 0 Å². The van der Waals surface area contributed by atoms with E-state index in [0.29, 0.717) is 0 Å². The van der Waals surface area contributed by atoms with Crippen LogP contribution in [0.25, 0.3) is 0 Å². The molecule has 0 saturated carbocycles. The summed E-state index contributed by atoms with van der Waals surface area (Å²) in [6, 6.07) is 5.16. The quantitative estimate of drug-likeness (QED) is 0.569. The predicted octanol–water partition coefficient (Wildman–Crippen LogP) is 4.02. The standard InChI is InChI=1S/C17H20BrN5O2/c18-13-11-12(23(24)25)7-8-14(13)21-10-4-5-15(21)17-20-19-16-6-2-1-3-9-22(16)17/h7-8,11,15H,1-6,9-10H2. The van der Waals surface area contributed by atoms with Gasteiger partial charge in [-0.2, -0.15) is 0 Å². The van der Waals surface area contributed by atoms with Crippen LogP contribution in [0.15, 0.2) is 22.7 Å². The number of rotatable bonds is 3. The normalized spacial score (nSPS) is 20.4. The summed E-state index contributed by atoms with van der Waals surface area (Å²) in [7, 11) is 0. The molecular weight excluding hydrogens is 386 g/mol. The summed E-state index contributed by atoms with van der Waals surface area (Å²) in [6.45, 7) is 1.91. The highest BCUT2D eigenvalue weighted by molar-refractivity contribution is 9.10. The predicted molar refractivity (Wildman–Crippen MR) is 97.7 cm³/mol. The number of aryl methyl sites for hydroxylation is 1. The number of hydrogen-bond acceptors (Lipinski definition) is 5. The lowest BCUT2D eigenvalue weighted by atomic mass is 10.2. The van der Waals surface area contributed by atoms with Crippen molar-refractivity contribution in [3.05, 3.63) is 44.4 Å². The monoisotopic (exact) mass is 405 g/mol. The molecule has 1 aromatic carbocycles. The number of aromatic nitrogens is 3. The van der Waals surface area contributed by atoms with Crippen molar-refractivity contribution in [3.63, 3.8) is 0 Å². The summed E-state index contributed by atoms with van der Waals surface area (Å²) in [5.41, 5.74) is 1.08. The van der Waals surface area contributed by atoms with Gasteiger partial charge in [-0.25, -0.2) is 0 Å². The summed E-state index contributed by atoms with van der Waals surface area (Å²) in [6.07, 6.45) is 6.70. The van der Waals surface area contributed by atoms with Gasteiger partial charge in [-0.05, 0) is 47.7 Å². The van der Waals surface area contributed by atoms with E-state index in [4.69, 9.17) is 0 Å². The number of nitro benzene ring substituents is 1. The number of non-ortho nitro benzene ring substituents is 1. The van der Waals surface area contributed by atoms with Gasteiger partial charge in [0, 0.05) is 36.1 Å². The van der Waals surface area contributed by atoms with Crippen molar-refractivity contribution >= 4 is 27.3 Å². The van der Waals surface area contributed by atoms with E-state index in [9.17, 15) is 10.1 Å². The fraction of sp³-hybridized carbons (Fsp3) is 0.529. The van der Waals surface area contributed by atoms with Gasteiger partial charge in [0.05, 0.1) is 16.7 Å². The van der Waals surface area contributed by atoms with Crippen LogP contribution in [0.3, 0.4) is 0 Å². The van der Waals surface area contributed by atoms with Gasteiger partial charge in [0.1, 0.15) is 5.82 Å². The zero-order valence-corrected chi connectivity index (χ0v) is 15.5. The van der Waals surface area contributed by atoms with E-state index >= 15 is 0 Å². The fourth-order valence-electron chi connectivity index (χ4n) is 3.92. The van der Waals surface area contributed by atoms with Gasteiger partial charge in [-0.3, -0.25) is 10.1 Å². The van der Waals surface area contributed by atoms with Crippen molar-refractivity contribution in [2.45, 2.75) is 51.1 Å². The van der Waals surface area contributed by atoms with Gasteiger partial charge in [-0.1, -0.05) is 6.42 Å². The highest BCUT2D eigenvalue weighted by Crippen LogP contribution is 2.40. The number of halogens is 1. The van der Waals surface area contributed by atoms with Gasteiger partial charge >= 0.3 is 0 Å². The molecule has 25 heavy (non-hydrogen) atoms. The van der Waals surface area contributed by atoms with E-state index < -0.39 is 0 Å². The van der Waals surface area contributed by atoms with Crippen LogP contribution in [0, 0.1) is 10.1 Å². The third-order valence-corrected chi connectivity index (χ3v) is 5.78. The van der Waals surface area contributed by atoms with Gasteiger partial charge in [-0.15, -0.1) is 10.2 Å². The van der Waals surface area contributed by atoms with Crippen LogP contribution in [0.4, 0.5) is 11.4 Å². The Morgan fingerprint density at radius 1 is 1.16 bits per heavy atom. The second-order valence-corrected chi connectivity index (χ2v) is 7.54. The van der Waals surface area contributed by atoms with Gasteiger partial charge in [0.2, 0.25) is 0 Å². The molecule has 0 aliphatic carbocycles. The van der Waals surface area contributed by atoms with Crippen LogP contribution in [0.2, 0.25) is 0 Å². The third kappa shape index (κ3) is 3.03. The average Bonchev–Trinajstić information content (AvgIpc) is 3.15. The Morgan fingerprint density at radius 2 is 2.04 bits per heavy atom. The zero-order chi connectivity index (χ0) is 17.4. The largest absolute Gasteiger partial charge is 0.360 e. The molecule has 132 valence electrons. The first-order valence-corrected chi connectivity index (χ1v) is 9.57. The van der Waals surface area contributed by atoms with E-state index in [0.717, 1.165) is 54.2 Å². The van der Waals surface area contributed by atoms with Crippen molar-refractivity contribution < 1.29 is 4.92 Å². The minimum Gasteiger partial charge on any atom is -0.360 e. The van der Waals surface area contributed by atoms with Gasteiger partial charge in [0.25, 0.3) is 5.69 Å². The Morgan fingerprint density at radius 3 is 2.84 bits per heavy atom. The van der Waals surface area contributed by atoms with Crippen LogP contribution < -0.4 is 4.90 Å². The molecule has 0 bridgehead atoms. The van der Waals surface area contributed by atoms with Crippen LogP contribution >= 0.6 is 15.9 Å². The Labute approximate surface area is 154 Å². The molecule has 2 aliphatic rings. The molecule has 1 aromatic heterocycles. The molecule has 1 saturated heterocycles. The summed E-state index contributed by atoms with van der Waals surface area (Å²) in [5, 5.41) is 19.9. The summed E-state index contributed by atoms with van der Waals surface area (Å²) < 4.78 is 3.05. The molecule has 0 radical (unpaired) electrons. The zero-order valence-electron chi connectivity index (χ0n) is 13.9. The maximum atomic E-state index is 11.0. The molecule has 2 aliphatic heterocycles. The topological polar surface area (TPSA) is 77.1 Å². The third-order valence-electron chi connectivity index (χ3n) is 5.14. The fourth-order valence-corrected chi connectivity index (χ4v) is 4.51. The van der Waals surface area contributed by atoms with Gasteiger partial charge < -0.3 is 9.47 Å². The summed E-state index contributed by atoms with van der Waals surface area (Å²) >= 11 is 3.51. The second-order valence-electron chi connectivity index (χ2n) is 6.68. The smallest absolute Gasteiger partial charge is 0.270 e. The highest BCUT2D eigenvalue weighted by Gasteiger charge is 2.32. The number of hydrogen-bond donors (Lipinski definition) is 0. The maximum Gasteiger partial charge on any atom is 0.270 e. The number of fused-ring (bicyclic) bond motifs is 1. The van der Waals surface area contributed by atoms with E-state index in [-0.39, 0.29) is 16.7 Å². The summed E-state index contributed by atoms with van der Waals surface area (Å²) in [4.78, 5) is 12.9. The van der Waals surface area contributed by atoms with E-state index in [1.807, 2.05) is 6.07 Å². The first-order chi connectivity index (χ1) is 12.1. The van der Waals surface area contributed by atoms with Crippen LogP contribution in [-0.4, -0.2) is 26.2 Å². The van der Waals surface area contributed by atoms with Crippen molar-refractivity contribution in [3.8, 4) is 0 Å². The maximum absolute atomic E-state index is 11.0.